The van der Waals surface area contributed by atoms with E-state index in [9.17, 15) is 13.5 Å². The van der Waals surface area contributed by atoms with Crippen molar-refractivity contribution in [3.05, 3.63) is 72.4 Å². The van der Waals surface area contributed by atoms with Crippen LogP contribution in [0.3, 0.4) is 0 Å². The van der Waals surface area contributed by atoms with Gasteiger partial charge in [0.05, 0.1) is 21.7 Å². The summed E-state index contributed by atoms with van der Waals surface area (Å²) in [6.45, 7) is 9.37. The molecule has 0 unspecified atom stereocenters. The summed E-state index contributed by atoms with van der Waals surface area (Å²) in [6, 6.07) is 20.8. The second-order valence-electron chi connectivity index (χ2n) is 12.1. The lowest BCUT2D eigenvalue weighted by Gasteiger charge is -2.37. The molecular formula is C32H38N4O3S. The molecule has 0 radical (unpaired) electrons. The van der Waals surface area contributed by atoms with Crippen molar-refractivity contribution in [1.29, 1.82) is 0 Å². The molecule has 8 heteroatoms. The summed E-state index contributed by atoms with van der Waals surface area (Å²) < 4.78 is 26.3. The highest BCUT2D eigenvalue weighted by atomic mass is 32.2. The maximum Gasteiger partial charge on any atom is 0.175 e. The summed E-state index contributed by atoms with van der Waals surface area (Å²) in [7, 11) is -3.23. The van der Waals surface area contributed by atoms with Crippen LogP contribution >= 0.6 is 0 Å². The van der Waals surface area contributed by atoms with Gasteiger partial charge in [-0.15, -0.1) is 0 Å². The molecule has 1 saturated heterocycles. The SMILES string of the molecule is CC(C)(O)CN1CCN(Cc2ccc(-c3cc4c(cn3)cc(-c3ccc(S(C)(=O)=O)cc3)n4C3CC3)cc2)CC1. The Hall–Kier alpha value is -3.04. The van der Waals surface area contributed by atoms with Gasteiger partial charge < -0.3 is 9.67 Å². The van der Waals surface area contributed by atoms with Crippen molar-refractivity contribution in [2.75, 3.05) is 39.0 Å². The molecule has 0 atom stereocenters. The van der Waals surface area contributed by atoms with Gasteiger partial charge in [0.25, 0.3) is 0 Å². The number of aromatic nitrogens is 2. The van der Waals surface area contributed by atoms with Crippen LogP contribution < -0.4 is 0 Å². The molecule has 2 aromatic carbocycles. The highest BCUT2D eigenvalue weighted by Gasteiger charge is 2.28. The number of β-amino-alcohol motifs (C(OH)–C–C–N with tert-alkyl or cyclic N) is 1. The average molecular weight is 559 g/mol. The maximum atomic E-state index is 11.9. The van der Waals surface area contributed by atoms with Crippen molar-refractivity contribution in [2.45, 2.75) is 49.8 Å². The second kappa shape index (κ2) is 10.4. The molecule has 1 aliphatic carbocycles. The van der Waals surface area contributed by atoms with Gasteiger partial charge in [-0.2, -0.15) is 0 Å². The van der Waals surface area contributed by atoms with Crippen molar-refractivity contribution < 1.29 is 13.5 Å². The van der Waals surface area contributed by atoms with Crippen LogP contribution in [0.5, 0.6) is 0 Å². The number of rotatable bonds is 8. The molecule has 2 aromatic heterocycles. The number of hydrogen-bond donors (Lipinski definition) is 1. The van der Waals surface area contributed by atoms with Crippen LogP contribution in [0, 0.1) is 0 Å². The first-order valence-corrected chi connectivity index (χ1v) is 16.0. The smallest absolute Gasteiger partial charge is 0.175 e. The summed E-state index contributed by atoms with van der Waals surface area (Å²) in [5, 5.41) is 11.2. The van der Waals surface area contributed by atoms with Gasteiger partial charge in [0.1, 0.15) is 0 Å². The molecule has 4 aromatic rings. The number of pyridine rings is 1. The average Bonchev–Trinajstić information content (AvgIpc) is 3.68. The lowest BCUT2D eigenvalue weighted by atomic mass is 10.1. The molecule has 1 N–H and O–H groups in total. The Kier molecular flexibility index (Phi) is 7.07. The van der Waals surface area contributed by atoms with E-state index < -0.39 is 15.4 Å². The minimum Gasteiger partial charge on any atom is -0.389 e. The molecule has 210 valence electrons. The van der Waals surface area contributed by atoms with Crippen molar-refractivity contribution >= 4 is 20.7 Å². The summed E-state index contributed by atoms with van der Waals surface area (Å²) in [4.78, 5) is 9.96. The predicted molar refractivity (Wildman–Crippen MR) is 160 cm³/mol. The first-order chi connectivity index (χ1) is 19.0. The van der Waals surface area contributed by atoms with E-state index in [2.05, 4.69) is 50.8 Å². The highest BCUT2D eigenvalue weighted by Crippen LogP contribution is 2.43. The monoisotopic (exact) mass is 558 g/mol. The molecule has 0 spiro atoms. The van der Waals surface area contributed by atoms with E-state index in [1.54, 1.807) is 12.1 Å². The summed E-state index contributed by atoms with van der Waals surface area (Å²) in [5.74, 6) is 0. The number of nitrogens with zero attached hydrogens (tertiary/aromatic N) is 4. The van der Waals surface area contributed by atoms with Gasteiger partial charge in [-0.1, -0.05) is 36.4 Å². The Bertz CT molecular complexity index is 1610. The fraction of sp³-hybridized carbons (Fsp3) is 0.406. The zero-order valence-electron chi connectivity index (χ0n) is 23.5. The van der Waals surface area contributed by atoms with Crippen LogP contribution in [0.2, 0.25) is 0 Å². The van der Waals surface area contributed by atoms with Crippen LogP contribution in [-0.2, 0) is 16.4 Å². The van der Waals surface area contributed by atoms with Gasteiger partial charge in [-0.25, -0.2) is 8.42 Å². The molecule has 1 saturated carbocycles. The Labute approximate surface area is 237 Å². The van der Waals surface area contributed by atoms with Crippen molar-refractivity contribution in [3.63, 3.8) is 0 Å². The van der Waals surface area contributed by atoms with E-state index in [0.29, 0.717) is 17.5 Å². The molecule has 3 heterocycles. The van der Waals surface area contributed by atoms with Gasteiger partial charge in [0, 0.05) is 74.4 Å². The van der Waals surface area contributed by atoms with Gasteiger partial charge in [-0.05, 0) is 62.1 Å². The molecule has 2 aliphatic rings. The van der Waals surface area contributed by atoms with Crippen LogP contribution in [0.4, 0.5) is 0 Å². The van der Waals surface area contributed by atoms with E-state index in [1.165, 1.54) is 17.3 Å². The van der Waals surface area contributed by atoms with Crippen molar-refractivity contribution in [3.8, 4) is 22.5 Å². The van der Waals surface area contributed by atoms with E-state index in [4.69, 9.17) is 4.98 Å². The summed E-state index contributed by atoms with van der Waals surface area (Å²) in [6.07, 6.45) is 5.50. The Balaban J connectivity index is 1.20. The van der Waals surface area contributed by atoms with Crippen molar-refractivity contribution in [1.82, 2.24) is 19.4 Å². The summed E-state index contributed by atoms with van der Waals surface area (Å²) >= 11 is 0. The predicted octanol–water partition coefficient (Wildman–Crippen LogP) is 5.00. The van der Waals surface area contributed by atoms with E-state index in [1.807, 2.05) is 32.2 Å². The maximum absolute atomic E-state index is 11.9. The van der Waals surface area contributed by atoms with Gasteiger partial charge in [0.2, 0.25) is 0 Å². The third kappa shape index (κ3) is 6.00. The number of fused-ring (bicyclic) bond motifs is 1. The van der Waals surface area contributed by atoms with Crippen LogP contribution in [0.15, 0.2) is 71.8 Å². The Morgan fingerprint density at radius 1 is 0.900 bits per heavy atom. The fourth-order valence-corrected chi connectivity index (χ4v) is 6.42. The minimum absolute atomic E-state index is 0.339. The van der Waals surface area contributed by atoms with Gasteiger partial charge in [-0.3, -0.25) is 14.8 Å². The second-order valence-corrected chi connectivity index (χ2v) is 14.1. The lowest BCUT2D eigenvalue weighted by Crippen LogP contribution is -2.50. The van der Waals surface area contributed by atoms with Crippen molar-refractivity contribution in [2.24, 2.45) is 0 Å². The Morgan fingerprint density at radius 2 is 1.52 bits per heavy atom. The van der Waals surface area contributed by atoms with E-state index in [0.717, 1.165) is 73.5 Å². The van der Waals surface area contributed by atoms with Crippen LogP contribution in [-0.4, -0.2) is 77.5 Å². The largest absolute Gasteiger partial charge is 0.389 e. The Morgan fingerprint density at radius 3 is 2.12 bits per heavy atom. The molecule has 2 fully saturated rings. The molecule has 0 bridgehead atoms. The lowest BCUT2D eigenvalue weighted by molar-refractivity contribution is 0.0167. The number of aliphatic hydroxyl groups is 1. The van der Waals surface area contributed by atoms with E-state index >= 15 is 0 Å². The molecule has 40 heavy (non-hydrogen) atoms. The zero-order chi connectivity index (χ0) is 28.1. The standard InChI is InChI=1S/C32H38N4O3S/c1-32(2,37)22-35-16-14-34(15-17-35)21-23-4-6-24(7-5-23)29-19-31-26(20-33-29)18-30(36(31)27-10-11-27)25-8-12-28(13-9-25)40(3,38)39/h4-9,12-13,18-20,27,37H,10-11,14-17,21-22H2,1-3H3. The molecule has 6 rings (SSSR count). The minimum atomic E-state index is -3.23. The molecule has 0 amide bonds. The molecule has 7 nitrogen and oxygen atoms in total. The molecule has 1 aliphatic heterocycles. The number of piperazine rings is 1. The highest BCUT2D eigenvalue weighted by molar-refractivity contribution is 7.90. The molecular weight excluding hydrogens is 520 g/mol. The van der Waals surface area contributed by atoms with E-state index in [-0.39, 0.29) is 0 Å². The number of benzene rings is 2. The van der Waals surface area contributed by atoms with Gasteiger partial charge >= 0.3 is 0 Å². The third-order valence-electron chi connectivity index (χ3n) is 7.94. The number of hydrogen-bond acceptors (Lipinski definition) is 6. The topological polar surface area (TPSA) is 78.7 Å². The van der Waals surface area contributed by atoms with Crippen LogP contribution in [0.1, 0.15) is 38.3 Å². The first-order valence-electron chi connectivity index (χ1n) is 14.1. The third-order valence-corrected chi connectivity index (χ3v) is 9.07. The number of sulfone groups is 1. The normalized spacial score (nSPS) is 17.5. The van der Waals surface area contributed by atoms with Crippen LogP contribution in [0.25, 0.3) is 33.4 Å². The van der Waals surface area contributed by atoms with Gasteiger partial charge in [0.15, 0.2) is 9.84 Å². The zero-order valence-corrected chi connectivity index (χ0v) is 24.4. The first kappa shape index (κ1) is 27.1. The quantitative estimate of drug-likeness (QED) is 0.328. The summed E-state index contributed by atoms with van der Waals surface area (Å²) in [5.41, 5.74) is 5.99. The fourth-order valence-electron chi connectivity index (χ4n) is 5.79.